The molecule has 7 nitrogen and oxygen atoms in total. The predicted molar refractivity (Wildman–Crippen MR) is 127 cm³/mol. The largest absolute Gasteiger partial charge is 0.416 e. The zero-order chi connectivity index (χ0) is 25.1. The number of rotatable bonds is 7. The molecule has 0 fully saturated rings. The van der Waals surface area contributed by atoms with Crippen LogP contribution in [0.1, 0.15) is 22.6 Å². The van der Waals surface area contributed by atoms with Crippen molar-refractivity contribution < 1.29 is 21.6 Å². The van der Waals surface area contributed by atoms with Gasteiger partial charge in [-0.25, -0.2) is 8.42 Å². The fourth-order valence-electron chi connectivity index (χ4n) is 3.51. The molecule has 2 aromatic carbocycles. The lowest BCUT2D eigenvalue weighted by atomic mass is 9.92. The minimum absolute atomic E-state index is 0.0589. The van der Waals surface area contributed by atoms with Gasteiger partial charge in [0.25, 0.3) is 10.0 Å². The Balaban J connectivity index is 1.45. The highest BCUT2D eigenvalue weighted by atomic mass is 35.5. The summed E-state index contributed by atoms with van der Waals surface area (Å²) in [5.41, 5.74) is 1.72. The average Bonchev–Trinajstić information content (AvgIpc) is 3.27. The molecular formula is C23H19ClF3N5O2S. The second-order valence-electron chi connectivity index (χ2n) is 7.62. The second kappa shape index (κ2) is 10.0. The van der Waals surface area contributed by atoms with E-state index in [1.54, 1.807) is 29.5 Å². The number of sulfonamides is 1. The van der Waals surface area contributed by atoms with E-state index in [-0.39, 0.29) is 17.5 Å². The van der Waals surface area contributed by atoms with Crippen molar-refractivity contribution in [2.45, 2.75) is 17.0 Å². The number of nitrogens with one attached hydrogen (secondary N) is 1. The number of aliphatic imine (C=N–C) groups is 1. The topological polar surface area (TPSA) is 87.0 Å². The van der Waals surface area contributed by atoms with Crippen LogP contribution in [0.4, 0.5) is 13.2 Å². The lowest BCUT2D eigenvalue weighted by Gasteiger charge is -2.14. The van der Waals surface area contributed by atoms with Crippen molar-refractivity contribution in [2.75, 3.05) is 13.2 Å². The Labute approximate surface area is 205 Å². The maximum Gasteiger partial charge on any atom is 0.416 e. The molecule has 12 heteroatoms. The number of hydrogen-bond donors (Lipinski definition) is 1. The van der Waals surface area contributed by atoms with Gasteiger partial charge in [-0.15, -0.1) is 0 Å². The van der Waals surface area contributed by atoms with E-state index in [0.29, 0.717) is 23.7 Å². The molecule has 2 heterocycles. The number of benzene rings is 2. The Bertz CT molecular complexity index is 1330. The van der Waals surface area contributed by atoms with E-state index < -0.39 is 21.8 Å². The number of alkyl halides is 3. The molecule has 1 unspecified atom stereocenters. The molecule has 4 rings (SSSR count). The Kier molecular flexibility index (Phi) is 7.08. The third-order valence-corrected chi connectivity index (χ3v) is 6.80. The average molecular weight is 522 g/mol. The van der Waals surface area contributed by atoms with Crippen LogP contribution < -0.4 is 4.72 Å². The molecule has 1 N–H and O–H groups in total. The molecule has 3 aromatic rings. The van der Waals surface area contributed by atoms with Gasteiger partial charge in [0.1, 0.15) is 6.67 Å². The number of hydrazone groups is 1. The van der Waals surface area contributed by atoms with Crippen LogP contribution in [0.25, 0.3) is 0 Å². The highest BCUT2D eigenvalue weighted by molar-refractivity contribution is 7.90. The van der Waals surface area contributed by atoms with Crippen molar-refractivity contribution in [2.24, 2.45) is 10.1 Å². The van der Waals surface area contributed by atoms with Crippen LogP contribution in [-0.2, 0) is 16.2 Å². The van der Waals surface area contributed by atoms with Crippen molar-refractivity contribution in [1.29, 1.82) is 0 Å². The molecule has 182 valence electrons. The Hall–Kier alpha value is -3.44. The van der Waals surface area contributed by atoms with Crippen LogP contribution in [0.2, 0.25) is 5.02 Å². The number of nitrogens with zero attached hydrogens (tertiary/aromatic N) is 4. The third-order valence-electron chi connectivity index (χ3n) is 5.24. The standard InChI is InChI=1S/C23H19ClF3N5O2S/c24-19-7-3-16(4-8-19)22-21(17-2-1-11-28-12-17)13-32(31-22)15-29-14-30-35(33,34)20-9-5-18(6-10-20)23(25,26)27/h1-12,14,21H,13,15H2,(H,29,30). The fraction of sp³-hybridized carbons (Fsp3) is 0.174. The number of hydrogen-bond acceptors (Lipinski definition) is 6. The first-order valence-corrected chi connectivity index (χ1v) is 12.2. The van der Waals surface area contributed by atoms with Gasteiger partial charge in [0.15, 0.2) is 0 Å². The van der Waals surface area contributed by atoms with Crippen LogP contribution in [0, 0.1) is 0 Å². The van der Waals surface area contributed by atoms with E-state index in [0.717, 1.165) is 35.3 Å². The van der Waals surface area contributed by atoms with Crippen LogP contribution in [-0.4, -0.2) is 43.7 Å². The van der Waals surface area contributed by atoms with Gasteiger partial charge in [-0.2, -0.15) is 18.3 Å². The third kappa shape index (κ3) is 5.98. The van der Waals surface area contributed by atoms with Crippen molar-refractivity contribution in [3.8, 4) is 0 Å². The zero-order valence-corrected chi connectivity index (χ0v) is 19.6. The van der Waals surface area contributed by atoms with E-state index in [4.69, 9.17) is 11.6 Å². The van der Waals surface area contributed by atoms with Crippen molar-refractivity contribution in [1.82, 2.24) is 14.7 Å². The second-order valence-corrected chi connectivity index (χ2v) is 9.77. The first-order valence-electron chi connectivity index (χ1n) is 10.3. The van der Waals surface area contributed by atoms with Gasteiger partial charge in [0.2, 0.25) is 0 Å². The van der Waals surface area contributed by atoms with Gasteiger partial charge in [0.05, 0.1) is 29.1 Å². The SMILES string of the molecule is O=S(=O)(N/C=N/CN1CC(c2cccnc2)C(c2ccc(Cl)cc2)=N1)c1ccc(C(F)(F)F)cc1. The molecule has 0 radical (unpaired) electrons. The summed E-state index contributed by atoms with van der Waals surface area (Å²) < 4.78 is 64.9. The van der Waals surface area contributed by atoms with Crippen molar-refractivity contribution >= 4 is 33.7 Å². The molecule has 1 aliphatic heterocycles. The van der Waals surface area contributed by atoms with Gasteiger partial charge >= 0.3 is 6.18 Å². The summed E-state index contributed by atoms with van der Waals surface area (Å²) in [6.07, 6.45) is -0.114. The summed E-state index contributed by atoms with van der Waals surface area (Å²) in [4.78, 5) is 7.95. The molecule has 1 aromatic heterocycles. The molecule has 0 aliphatic carbocycles. The highest BCUT2D eigenvalue weighted by Gasteiger charge is 2.31. The summed E-state index contributed by atoms with van der Waals surface area (Å²) in [5, 5.41) is 6.94. The van der Waals surface area contributed by atoms with Gasteiger partial charge < -0.3 is 0 Å². The number of halogens is 4. The lowest BCUT2D eigenvalue weighted by Crippen LogP contribution is -2.24. The van der Waals surface area contributed by atoms with Crippen molar-refractivity contribution in [3.05, 3.63) is 94.8 Å². The fourth-order valence-corrected chi connectivity index (χ4v) is 4.48. The van der Waals surface area contributed by atoms with E-state index >= 15 is 0 Å². The molecule has 0 spiro atoms. The molecule has 0 amide bonds. The molecule has 1 atom stereocenters. The Morgan fingerprint density at radius 1 is 1.11 bits per heavy atom. The van der Waals surface area contributed by atoms with Gasteiger partial charge in [0, 0.05) is 23.3 Å². The monoisotopic (exact) mass is 521 g/mol. The predicted octanol–water partition coefficient (Wildman–Crippen LogP) is 4.52. The van der Waals surface area contributed by atoms with E-state index in [2.05, 4.69) is 19.8 Å². The molecule has 35 heavy (non-hydrogen) atoms. The van der Waals surface area contributed by atoms with E-state index in [1.807, 2.05) is 24.3 Å². The zero-order valence-electron chi connectivity index (χ0n) is 18.0. The minimum Gasteiger partial charge on any atom is -0.274 e. The van der Waals surface area contributed by atoms with Crippen molar-refractivity contribution in [3.63, 3.8) is 0 Å². The molecule has 0 saturated heterocycles. The molecule has 0 bridgehead atoms. The lowest BCUT2D eigenvalue weighted by molar-refractivity contribution is -0.137. The van der Waals surface area contributed by atoms with Crippen LogP contribution >= 0.6 is 11.6 Å². The summed E-state index contributed by atoms with van der Waals surface area (Å²) in [7, 11) is -4.07. The Morgan fingerprint density at radius 3 is 2.46 bits per heavy atom. The summed E-state index contributed by atoms with van der Waals surface area (Å²) in [5.74, 6) is -0.0797. The first-order chi connectivity index (χ1) is 16.6. The van der Waals surface area contributed by atoms with E-state index in [1.165, 1.54) is 0 Å². The van der Waals surface area contributed by atoms with Crippen LogP contribution in [0.3, 0.4) is 0 Å². The first kappa shape index (κ1) is 24.7. The Morgan fingerprint density at radius 2 is 1.83 bits per heavy atom. The number of pyridine rings is 1. The van der Waals surface area contributed by atoms with Gasteiger partial charge in [-0.3, -0.25) is 19.7 Å². The van der Waals surface area contributed by atoms with Crippen LogP contribution in [0.15, 0.2) is 88.0 Å². The molecule has 0 saturated carbocycles. The maximum atomic E-state index is 12.7. The highest BCUT2D eigenvalue weighted by Crippen LogP contribution is 2.30. The van der Waals surface area contributed by atoms with E-state index in [9.17, 15) is 21.6 Å². The number of aromatic nitrogens is 1. The smallest absolute Gasteiger partial charge is 0.274 e. The summed E-state index contributed by atoms with van der Waals surface area (Å²) in [6, 6.07) is 14.3. The minimum atomic E-state index is -4.55. The molecule has 1 aliphatic rings. The normalized spacial score (nSPS) is 16.5. The molecular weight excluding hydrogens is 503 g/mol. The quantitative estimate of drug-likeness (QED) is 0.366. The summed E-state index contributed by atoms with van der Waals surface area (Å²) >= 11 is 6.01. The van der Waals surface area contributed by atoms with Crippen LogP contribution in [0.5, 0.6) is 0 Å². The van der Waals surface area contributed by atoms with Gasteiger partial charge in [-0.1, -0.05) is 29.8 Å². The summed E-state index contributed by atoms with van der Waals surface area (Å²) in [6.45, 7) is 0.552. The maximum absolute atomic E-state index is 12.7. The van der Waals surface area contributed by atoms with Gasteiger partial charge in [-0.05, 0) is 53.6 Å².